The molecule has 0 fully saturated rings. The first-order valence-electron chi connectivity index (χ1n) is 5.62. The molecule has 0 N–H and O–H groups in total. The summed E-state index contributed by atoms with van der Waals surface area (Å²) in [5, 5.41) is 0. The molecule has 0 saturated carbocycles. The molecule has 15 heavy (non-hydrogen) atoms. The first kappa shape index (κ1) is 13.0. The van der Waals surface area contributed by atoms with E-state index in [1.54, 1.807) is 11.1 Å². The summed E-state index contributed by atoms with van der Waals surface area (Å²) in [6.07, 6.45) is 8.49. The second kappa shape index (κ2) is 5.33. The van der Waals surface area contributed by atoms with Gasteiger partial charge in [0, 0.05) is 0 Å². The molecule has 1 aliphatic rings. The van der Waals surface area contributed by atoms with Gasteiger partial charge in [-0.2, -0.15) is 0 Å². The van der Waals surface area contributed by atoms with E-state index in [2.05, 4.69) is 66.5 Å². The fourth-order valence-electron chi connectivity index (χ4n) is 2.26. The molecule has 0 spiro atoms. The monoisotopic (exact) mass is 316 g/mol. The first-order chi connectivity index (χ1) is 6.97. The van der Waals surface area contributed by atoms with E-state index < -0.39 is 0 Å². The van der Waals surface area contributed by atoms with Crippen molar-refractivity contribution >= 4 is 22.6 Å². The number of hydrogen-bond acceptors (Lipinski definition) is 0. The highest BCUT2D eigenvalue weighted by molar-refractivity contribution is 14.1. The Labute approximate surface area is 108 Å². The van der Waals surface area contributed by atoms with Crippen molar-refractivity contribution in [2.24, 2.45) is 5.41 Å². The van der Waals surface area contributed by atoms with Crippen LogP contribution in [0.2, 0.25) is 0 Å². The van der Waals surface area contributed by atoms with Gasteiger partial charge in [0.1, 0.15) is 0 Å². The molecule has 0 aromatic carbocycles. The smallest absolute Gasteiger partial charge is 0.0104 e. The average molecular weight is 316 g/mol. The molecular weight excluding hydrogens is 295 g/mol. The molecule has 0 aromatic heterocycles. The number of halogens is 1. The van der Waals surface area contributed by atoms with Crippen molar-refractivity contribution in [2.75, 3.05) is 0 Å². The quantitative estimate of drug-likeness (QED) is 0.472. The molecule has 1 heteroatoms. The summed E-state index contributed by atoms with van der Waals surface area (Å²) in [6.45, 7) is 9.15. The van der Waals surface area contributed by atoms with E-state index in [0.717, 1.165) is 0 Å². The zero-order valence-electron chi connectivity index (χ0n) is 10.2. The van der Waals surface area contributed by atoms with Gasteiger partial charge in [0.05, 0.1) is 0 Å². The molecule has 0 amide bonds. The van der Waals surface area contributed by atoms with Crippen LogP contribution in [0.15, 0.2) is 33.0 Å². The van der Waals surface area contributed by atoms with Crippen LogP contribution >= 0.6 is 22.6 Å². The second-order valence-electron chi connectivity index (χ2n) is 5.12. The molecule has 1 rings (SSSR count). The Morgan fingerprint density at radius 1 is 1.40 bits per heavy atom. The average Bonchev–Trinajstić information content (AvgIpc) is 2.15. The van der Waals surface area contributed by atoms with Crippen molar-refractivity contribution in [1.29, 1.82) is 0 Å². The SMILES string of the molecule is CC1=C(/C=C/C(C)=C/I)C(C)(C)CCC1. The Balaban J connectivity index is 2.95. The highest BCUT2D eigenvalue weighted by atomic mass is 127. The summed E-state index contributed by atoms with van der Waals surface area (Å²) in [4.78, 5) is 0. The summed E-state index contributed by atoms with van der Waals surface area (Å²) in [6, 6.07) is 0. The Hall–Kier alpha value is -0.0500. The molecule has 0 radical (unpaired) electrons. The highest BCUT2D eigenvalue weighted by Gasteiger charge is 2.26. The predicted molar refractivity (Wildman–Crippen MR) is 77.2 cm³/mol. The van der Waals surface area contributed by atoms with Crippen molar-refractivity contribution in [3.05, 3.63) is 33.0 Å². The van der Waals surface area contributed by atoms with Crippen LogP contribution in [0.1, 0.15) is 47.0 Å². The molecule has 0 bridgehead atoms. The van der Waals surface area contributed by atoms with E-state index in [1.807, 2.05) is 0 Å². The van der Waals surface area contributed by atoms with Gasteiger partial charge >= 0.3 is 0 Å². The van der Waals surface area contributed by atoms with Gasteiger partial charge in [-0.3, -0.25) is 0 Å². The van der Waals surface area contributed by atoms with Crippen LogP contribution in [0.3, 0.4) is 0 Å². The molecular formula is C14H21I. The molecule has 0 saturated heterocycles. The summed E-state index contributed by atoms with van der Waals surface area (Å²) < 4.78 is 2.12. The lowest BCUT2D eigenvalue weighted by molar-refractivity contribution is 0.377. The fraction of sp³-hybridized carbons (Fsp3) is 0.571. The lowest BCUT2D eigenvalue weighted by atomic mass is 9.72. The number of allylic oxidation sites excluding steroid dienone is 5. The molecule has 0 nitrogen and oxygen atoms in total. The molecule has 1 aliphatic carbocycles. The van der Waals surface area contributed by atoms with Crippen molar-refractivity contribution in [3.63, 3.8) is 0 Å². The summed E-state index contributed by atoms with van der Waals surface area (Å²) >= 11 is 2.29. The Morgan fingerprint density at radius 3 is 2.60 bits per heavy atom. The molecule has 84 valence electrons. The third-order valence-corrected chi connectivity index (χ3v) is 4.21. The maximum absolute atomic E-state index is 2.36. The predicted octanol–water partition coefficient (Wildman–Crippen LogP) is 5.41. The standard InChI is InChI=1S/C14H21I/c1-11(10-15)7-8-13-12(2)6-5-9-14(13,3)4/h7-8,10H,5-6,9H2,1-4H3/b8-7+,11-10+. The van der Waals surface area contributed by atoms with Crippen LogP contribution < -0.4 is 0 Å². The van der Waals surface area contributed by atoms with E-state index in [0.29, 0.717) is 5.41 Å². The topological polar surface area (TPSA) is 0 Å². The van der Waals surface area contributed by atoms with Crippen LogP contribution in [0.25, 0.3) is 0 Å². The van der Waals surface area contributed by atoms with Crippen molar-refractivity contribution in [1.82, 2.24) is 0 Å². The van der Waals surface area contributed by atoms with E-state index in [4.69, 9.17) is 0 Å². The molecule has 0 unspecified atom stereocenters. The minimum Gasteiger partial charge on any atom is -0.0696 e. The number of rotatable bonds is 2. The van der Waals surface area contributed by atoms with Gasteiger partial charge in [0.2, 0.25) is 0 Å². The summed E-state index contributed by atoms with van der Waals surface area (Å²) in [5.41, 5.74) is 4.82. The maximum atomic E-state index is 2.36. The molecule has 0 aliphatic heterocycles. The van der Waals surface area contributed by atoms with Crippen LogP contribution in [-0.2, 0) is 0 Å². The molecule has 0 atom stereocenters. The Bertz CT molecular complexity index is 316. The third kappa shape index (κ3) is 3.47. The van der Waals surface area contributed by atoms with Gasteiger partial charge in [-0.25, -0.2) is 0 Å². The van der Waals surface area contributed by atoms with Crippen LogP contribution in [-0.4, -0.2) is 0 Å². The van der Waals surface area contributed by atoms with E-state index in [9.17, 15) is 0 Å². The van der Waals surface area contributed by atoms with Gasteiger partial charge < -0.3 is 0 Å². The van der Waals surface area contributed by atoms with Gasteiger partial charge in [-0.05, 0) is 53.8 Å². The van der Waals surface area contributed by atoms with Gasteiger partial charge in [-0.1, -0.05) is 54.2 Å². The maximum Gasteiger partial charge on any atom is -0.0104 e. The zero-order valence-corrected chi connectivity index (χ0v) is 12.4. The number of hydrogen-bond donors (Lipinski definition) is 0. The summed E-state index contributed by atoms with van der Waals surface area (Å²) in [7, 11) is 0. The van der Waals surface area contributed by atoms with E-state index in [-0.39, 0.29) is 0 Å². The third-order valence-electron chi connectivity index (χ3n) is 3.23. The minimum atomic E-state index is 0.365. The summed E-state index contributed by atoms with van der Waals surface area (Å²) in [5.74, 6) is 0. The lowest BCUT2D eigenvalue weighted by Gasteiger charge is -2.32. The van der Waals surface area contributed by atoms with E-state index in [1.165, 1.54) is 24.8 Å². The minimum absolute atomic E-state index is 0.365. The van der Waals surface area contributed by atoms with Crippen molar-refractivity contribution in [3.8, 4) is 0 Å². The van der Waals surface area contributed by atoms with E-state index >= 15 is 0 Å². The lowest BCUT2D eigenvalue weighted by Crippen LogP contribution is -2.19. The Kier molecular flexibility index (Phi) is 4.63. The first-order valence-corrected chi connectivity index (χ1v) is 6.87. The van der Waals surface area contributed by atoms with Gasteiger partial charge in [0.25, 0.3) is 0 Å². The van der Waals surface area contributed by atoms with Crippen LogP contribution in [0, 0.1) is 5.41 Å². The largest absolute Gasteiger partial charge is 0.0696 e. The highest BCUT2D eigenvalue weighted by Crippen LogP contribution is 2.40. The second-order valence-corrected chi connectivity index (χ2v) is 5.74. The zero-order chi connectivity index (χ0) is 11.5. The van der Waals surface area contributed by atoms with Crippen LogP contribution in [0.5, 0.6) is 0 Å². The van der Waals surface area contributed by atoms with Gasteiger partial charge in [-0.15, -0.1) is 0 Å². The normalized spacial score (nSPS) is 22.6. The van der Waals surface area contributed by atoms with Crippen LogP contribution in [0.4, 0.5) is 0 Å². The van der Waals surface area contributed by atoms with Gasteiger partial charge in [0.15, 0.2) is 0 Å². The van der Waals surface area contributed by atoms with Crippen molar-refractivity contribution in [2.45, 2.75) is 47.0 Å². The van der Waals surface area contributed by atoms with Crippen molar-refractivity contribution < 1.29 is 0 Å². The molecule has 0 aromatic rings. The Morgan fingerprint density at radius 2 is 2.07 bits per heavy atom. The fourth-order valence-corrected chi connectivity index (χ4v) is 2.47. The molecule has 0 heterocycles.